The highest BCUT2D eigenvalue weighted by atomic mass is 32.1. The van der Waals surface area contributed by atoms with Gasteiger partial charge in [-0.25, -0.2) is 0 Å². The minimum Gasteiger partial charge on any atom is -0.337 e. The van der Waals surface area contributed by atoms with Gasteiger partial charge in [-0.2, -0.15) is 0 Å². The van der Waals surface area contributed by atoms with Crippen LogP contribution >= 0.6 is 12.2 Å². The Kier molecular flexibility index (Phi) is 3.04. The molecule has 1 aromatic carbocycles. The molecule has 0 radical (unpaired) electrons. The van der Waals surface area contributed by atoms with E-state index in [1.165, 1.54) is 0 Å². The summed E-state index contributed by atoms with van der Waals surface area (Å²) < 4.78 is 0. The Morgan fingerprint density at radius 2 is 2.00 bits per heavy atom. The second-order valence-electron chi connectivity index (χ2n) is 4.90. The van der Waals surface area contributed by atoms with Gasteiger partial charge in [0.25, 0.3) is 5.91 Å². The lowest BCUT2D eigenvalue weighted by molar-refractivity contribution is -0.129. The number of rotatable bonds is 2. The fourth-order valence-corrected chi connectivity index (χ4v) is 3.13. The van der Waals surface area contributed by atoms with E-state index >= 15 is 0 Å². The predicted octanol–water partition coefficient (Wildman–Crippen LogP) is 2.17. The van der Waals surface area contributed by atoms with Gasteiger partial charge in [-0.3, -0.25) is 9.69 Å². The number of hydrogen-bond acceptors (Lipinski definition) is 2. The van der Waals surface area contributed by atoms with E-state index in [2.05, 4.69) is 4.90 Å². The second kappa shape index (κ2) is 4.69. The molecular weight excluding hydrogens is 244 g/mol. The second-order valence-corrected chi connectivity index (χ2v) is 5.26. The fourth-order valence-electron chi connectivity index (χ4n) is 2.76. The van der Waals surface area contributed by atoms with Crippen molar-refractivity contribution < 1.29 is 4.79 Å². The molecule has 0 N–H and O–H groups in total. The number of piperidine rings is 1. The van der Waals surface area contributed by atoms with Crippen molar-refractivity contribution in [2.45, 2.75) is 31.8 Å². The minimum atomic E-state index is 0.00922. The topological polar surface area (TPSA) is 23.6 Å². The van der Waals surface area contributed by atoms with Gasteiger partial charge < -0.3 is 4.90 Å². The fraction of sp³-hybridized carbons (Fsp3) is 0.429. The van der Waals surface area contributed by atoms with Gasteiger partial charge in [0, 0.05) is 6.54 Å². The van der Waals surface area contributed by atoms with E-state index in [9.17, 15) is 4.79 Å². The molecule has 2 aliphatic rings. The third kappa shape index (κ3) is 1.90. The van der Waals surface area contributed by atoms with Crippen LogP contribution in [0.2, 0.25) is 0 Å². The van der Waals surface area contributed by atoms with Gasteiger partial charge in [0.05, 0.1) is 6.54 Å². The van der Waals surface area contributed by atoms with E-state index in [0.717, 1.165) is 31.4 Å². The zero-order valence-electron chi connectivity index (χ0n) is 10.2. The quantitative estimate of drug-likeness (QED) is 0.761. The van der Waals surface area contributed by atoms with Crippen LogP contribution in [0.4, 0.5) is 0 Å². The minimum absolute atomic E-state index is 0.00922. The Balaban J connectivity index is 1.80. The van der Waals surface area contributed by atoms with Crippen molar-refractivity contribution >= 4 is 23.2 Å². The highest BCUT2D eigenvalue weighted by molar-refractivity contribution is 7.80. The molecule has 0 bridgehead atoms. The van der Waals surface area contributed by atoms with Crippen LogP contribution in [-0.2, 0) is 11.3 Å². The Hall–Kier alpha value is -1.42. The van der Waals surface area contributed by atoms with E-state index in [1.54, 1.807) is 4.90 Å². The first-order valence-corrected chi connectivity index (χ1v) is 6.84. The van der Waals surface area contributed by atoms with Crippen LogP contribution in [0, 0.1) is 0 Å². The average molecular weight is 260 g/mol. The molecule has 1 amide bonds. The van der Waals surface area contributed by atoms with Crippen molar-refractivity contribution in [3.63, 3.8) is 0 Å². The first kappa shape index (κ1) is 11.7. The predicted molar refractivity (Wildman–Crippen MR) is 73.9 cm³/mol. The number of hydrogen-bond donors (Lipinski definition) is 0. The summed E-state index contributed by atoms with van der Waals surface area (Å²) in [6.45, 7) is 1.53. The van der Waals surface area contributed by atoms with Crippen LogP contribution in [0.25, 0.3) is 0 Å². The largest absolute Gasteiger partial charge is 0.337 e. The molecule has 2 heterocycles. The van der Waals surface area contributed by atoms with Crippen LogP contribution < -0.4 is 0 Å². The van der Waals surface area contributed by atoms with E-state index in [0.29, 0.717) is 11.7 Å². The van der Waals surface area contributed by atoms with E-state index in [1.807, 2.05) is 30.3 Å². The van der Waals surface area contributed by atoms with Gasteiger partial charge >= 0.3 is 0 Å². The van der Waals surface area contributed by atoms with E-state index < -0.39 is 0 Å². The highest BCUT2D eigenvalue weighted by Gasteiger charge is 2.42. The van der Waals surface area contributed by atoms with Crippen LogP contribution in [0.3, 0.4) is 0 Å². The van der Waals surface area contributed by atoms with Crippen molar-refractivity contribution in [3.05, 3.63) is 35.9 Å². The van der Waals surface area contributed by atoms with Crippen molar-refractivity contribution in [3.8, 4) is 0 Å². The van der Waals surface area contributed by atoms with Gasteiger partial charge in [-0.05, 0) is 37.0 Å². The molecule has 4 heteroatoms. The Bertz CT molecular complexity index is 450. The number of fused-ring (bicyclic) bond motifs is 1. The molecule has 2 aliphatic heterocycles. The molecule has 0 aliphatic carbocycles. The van der Waals surface area contributed by atoms with Crippen molar-refractivity contribution in [2.75, 3.05) is 6.54 Å². The van der Waals surface area contributed by atoms with Crippen LogP contribution in [0.5, 0.6) is 0 Å². The number of benzene rings is 1. The van der Waals surface area contributed by atoms with Crippen molar-refractivity contribution in [1.29, 1.82) is 0 Å². The average Bonchev–Trinajstić information content (AvgIpc) is 2.66. The van der Waals surface area contributed by atoms with Gasteiger partial charge in [0.1, 0.15) is 6.04 Å². The van der Waals surface area contributed by atoms with Gasteiger partial charge in [-0.1, -0.05) is 30.3 Å². The monoisotopic (exact) mass is 260 g/mol. The smallest absolute Gasteiger partial charge is 0.251 e. The lowest BCUT2D eigenvalue weighted by Crippen LogP contribution is -2.38. The Morgan fingerprint density at radius 1 is 1.22 bits per heavy atom. The molecule has 1 atom stereocenters. The van der Waals surface area contributed by atoms with Crippen molar-refractivity contribution in [1.82, 2.24) is 9.80 Å². The SMILES string of the molecule is O=C1C2CCCCN2C(=S)N1Cc1ccccc1. The number of amides is 1. The number of nitrogens with zero attached hydrogens (tertiary/aromatic N) is 2. The molecule has 94 valence electrons. The molecule has 18 heavy (non-hydrogen) atoms. The standard InChI is InChI=1S/C14H16N2OS/c17-13-12-8-4-5-9-15(12)14(18)16(13)10-11-6-2-1-3-7-11/h1-3,6-7,12H,4-5,8-10H2. The third-order valence-corrected chi connectivity index (χ3v) is 4.17. The third-order valence-electron chi connectivity index (χ3n) is 3.71. The summed E-state index contributed by atoms with van der Waals surface area (Å²) in [7, 11) is 0. The van der Waals surface area contributed by atoms with Crippen LogP contribution in [0.1, 0.15) is 24.8 Å². The molecule has 1 unspecified atom stereocenters. The van der Waals surface area contributed by atoms with Crippen LogP contribution in [0.15, 0.2) is 30.3 Å². The normalized spacial score (nSPS) is 23.4. The van der Waals surface area contributed by atoms with Gasteiger partial charge in [-0.15, -0.1) is 0 Å². The molecule has 3 rings (SSSR count). The summed E-state index contributed by atoms with van der Waals surface area (Å²) in [6.07, 6.45) is 3.22. The molecule has 0 aromatic heterocycles. The molecule has 1 aromatic rings. The van der Waals surface area contributed by atoms with Crippen LogP contribution in [-0.4, -0.2) is 33.4 Å². The Labute approximate surface area is 112 Å². The zero-order valence-corrected chi connectivity index (χ0v) is 11.0. The summed E-state index contributed by atoms with van der Waals surface area (Å²) in [4.78, 5) is 16.2. The van der Waals surface area contributed by atoms with Gasteiger partial charge in [0.2, 0.25) is 0 Å². The molecule has 0 spiro atoms. The zero-order chi connectivity index (χ0) is 12.5. The summed E-state index contributed by atoms with van der Waals surface area (Å²) >= 11 is 5.45. The summed E-state index contributed by atoms with van der Waals surface area (Å²) in [5, 5.41) is 0.716. The maximum atomic E-state index is 12.4. The molecule has 2 fully saturated rings. The summed E-state index contributed by atoms with van der Waals surface area (Å²) in [5.41, 5.74) is 1.13. The Morgan fingerprint density at radius 3 is 2.72 bits per heavy atom. The summed E-state index contributed by atoms with van der Waals surface area (Å²) in [5.74, 6) is 0.184. The number of carbonyl (C=O) groups excluding carboxylic acids is 1. The van der Waals surface area contributed by atoms with Crippen molar-refractivity contribution in [2.24, 2.45) is 0 Å². The number of carbonyl (C=O) groups is 1. The molecule has 3 nitrogen and oxygen atoms in total. The molecule has 0 saturated carbocycles. The van der Waals surface area contributed by atoms with E-state index in [4.69, 9.17) is 12.2 Å². The summed E-state index contributed by atoms with van der Waals surface area (Å²) in [6, 6.07) is 10.0. The lowest BCUT2D eigenvalue weighted by atomic mass is 10.0. The maximum Gasteiger partial charge on any atom is 0.251 e. The van der Waals surface area contributed by atoms with E-state index in [-0.39, 0.29) is 11.9 Å². The molecule has 2 saturated heterocycles. The molecular formula is C14H16N2OS. The first-order chi connectivity index (χ1) is 8.77. The highest BCUT2D eigenvalue weighted by Crippen LogP contribution is 2.27. The lowest BCUT2D eigenvalue weighted by Gasteiger charge is -2.27. The maximum absolute atomic E-state index is 12.4. The van der Waals surface area contributed by atoms with Gasteiger partial charge in [0.15, 0.2) is 5.11 Å². The first-order valence-electron chi connectivity index (χ1n) is 6.43. The number of thiocarbonyl (C=S) groups is 1.